The first-order chi connectivity index (χ1) is 10.7. The van der Waals surface area contributed by atoms with Crippen LogP contribution in [0.25, 0.3) is 0 Å². The summed E-state index contributed by atoms with van der Waals surface area (Å²) in [5, 5.41) is 0. The fraction of sp³-hybridized carbons (Fsp3) is 0.667. The van der Waals surface area contributed by atoms with E-state index in [1.165, 1.54) is 25.7 Å². The molecule has 24 heavy (non-hydrogen) atoms. The zero-order valence-corrected chi connectivity index (χ0v) is 16.9. The van der Waals surface area contributed by atoms with Crippen molar-refractivity contribution in [2.75, 3.05) is 20.6 Å². The van der Waals surface area contributed by atoms with Crippen molar-refractivity contribution in [3.05, 3.63) is 35.9 Å². The molecule has 1 aromatic rings. The van der Waals surface area contributed by atoms with Gasteiger partial charge in [0, 0.05) is 12.5 Å². The van der Waals surface area contributed by atoms with Gasteiger partial charge in [0.05, 0.1) is 20.6 Å². The van der Waals surface area contributed by atoms with Gasteiger partial charge < -0.3 is 16.9 Å². The predicted octanol–water partition coefficient (Wildman–Crippen LogP) is 1.19. The number of quaternary nitrogens is 1. The first-order valence-electron chi connectivity index (χ1n) is 8.52. The van der Waals surface area contributed by atoms with Crippen LogP contribution in [0.2, 0.25) is 0 Å². The number of unbranched alkanes of at least 4 members (excludes halogenated alkanes) is 5. The van der Waals surface area contributed by atoms with E-state index < -0.39 is 15.0 Å². The van der Waals surface area contributed by atoms with E-state index in [1.807, 2.05) is 32.3 Å². The third-order valence-electron chi connectivity index (χ3n) is 5.04. The van der Waals surface area contributed by atoms with Gasteiger partial charge in [0.1, 0.15) is 0 Å². The normalized spacial score (nSPS) is 14.7. The van der Waals surface area contributed by atoms with Gasteiger partial charge in [-0.2, -0.15) is 8.42 Å². The summed E-state index contributed by atoms with van der Waals surface area (Å²) in [4.78, 5) is -1.36. The van der Waals surface area contributed by atoms with Gasteiger partial charge in [-0.25, -0.2) is 0 Å². The summed E-state index contributed by atoms with van der Waals surface area (Å²) in [7, 11) is -0.491. The highest BCUT2D eigenvalue weighted by Gasteiger charge is 2.53. The van der Waals surface area contributed by atoms with Crippen molar-refractivity contribution in [1.29, 1.82) is 0 Å². The molecular weight excluding hydrogens is 346 g/mol. The third-order valence-corrected chi connectivity index (χ3v) is 6.77. The van der Waals surface area contributed by atoms with Crippen molar-refractivity contribution < 1.29 is 29.9 Å². The lowest BCUT2D eigenvalue weighted by Crippen LogP contribution is -3.00. The van der Waals surface area contributed by atoms with Crippen LogP contribution in [-0.2, 0) is 15.0 Å². The fourth-order valence-electron chi connectivity index (χ4n) is 3.06. The minimum atomic E-state index is -4.25. The van der Waals surface area contributed by atoms with Crippen LogP contribution in [0.5, 0.6) is 0 Å². The van der Waals surface area contributed by atoms with Gasteiger partial charge in [0.15, 0.2) is 0 Å². The van der Waals surface area contributed by atoms with Crippen LogP contribution >= 0.6 is 0 Å². The molecule has 1 N–H and O–H groups in total. The zero-order valence-electron chi connectivity index (χ0n) is 15.3. The summed E-state index contributed by atoms with van der Waals surface area (Å²) in [5.41, 5.74) is 0.624. The Bertz CT molecular complexity index is 575. The Balaban J connectivity index is 0.00000529. The van der Waals surface area contributed by atoms with Gasteiger partial charge in [-0.15, -0.1) is 0 Å². The average molecular weight is 378 g/mol. The molecule has 0 saturated heterocycles. The molecule has 1 atom stereocenters. The Hall–Kier alpha value is -0.620. The molecule has 0 aromatic heterocycles. The Morgan fingerprint density at radius 1 is 1.00 bits per heavy atom. The van der Waals surface area contributed by atoms with E-state index in [1.54, 1.807) is 19.1 Å². The summed E-state index contributed by atoms with van der Waals surface area (Å²) < 4.78 is 34.6. The van der Waals surface area contributed by atoms with Crippen LogP contribution in [0.3, 0.4) is 0 Å². The highest BCUT2D eigenvalue weighted by atomic mass is 35.5. The Labute approximate surface area is 154 Å². The topological polar surface area (TPSA) is 54.4 Å². The summed E-state index contributed by atoms with van der Waals surface area (Å²) >= 11 is 0. The lowest BCUT2D eigenvalue weighted by Gasteiger charge is -2.44. The van der Waals surface area contributed by atoms with Crippen LogP contribution < -0.4 is 12.4 Å². The molecule has 0 bridgehead atoms. The van der Waals surface area contributed by atoms with Crippen molar-refractivity contribution in [2.24, 2.45) is 0 Å². The summed E-state index contributed by atoms with van der Waals surface area (Å²) in [5.74, 6) is 0. The van der Waals surface area contributed by atoms with Gasteiger partial charge >= 0.3 is 10.1 Å². The SMILES string of the molecule is CCCCCCCC[N+](C)(C)C(C)(c1ccccc1)S(=O)(=O)O.[Cl-]. The summed E-state index contributed by atoms with van der Waals surface area (Å²) in [6.45, 7) is 4.52. The molecule has 0 heterocycles. The summed E-state index contributed by atoms with van der Waals surface area (Å²) in [6, 6.07) is 9.01. The van der Waals surface area contributed by atoms with Gasteiger partial charge in [-0.1, -0.05) is 62.9 Å². The molecule has 0 spiro atoms. The van der Waals surface area contributed by atoms with Crippen molar-refractivity contribution in [3.63, 3.8) is 0 Å². The minimum absolute atomic E-state index is 0. The Morgan fingerprint density at radius 2 is 1.50 bits per heavy atom. The van der Waals surface area contributed by atoms with Crippen LogP contribution in [0.1, 0.15) is 57.9 Å². The second-order valence-electron chi connectivity index (χ2n) is 7.00. The number of hydrogen-bond acceptors (Lipinski definition) is 2. The highest BCUT2D eigenvalue weighted by Crippen LogP contribution is 2.37. The van der Waals surface area contributed by atoms with Crippen molar-refractivity contribution in [1.82, 2.24) is 0 Å². The average Bonchev–Trinajstić information content (AvgIpc) is 2.49. The van der Waals surface area contributed by atoms with Crippen LogP contribution in [0, 0.1) is 0 Å². The molecule has 0 saturated carbocycles. The summed E-state index contributed by atoms with van der Waals surface area (Å²) in [6.07, 6.45) is 6.94. The van der Waals surface area contributed by atoms with E-state index in [4.69, 9.17) is 0 Å². The predicted molar refractivity (Wildman–Crippen MR) is 95.7 cm³/mol. The molecule has 0 aliphatic heterocycles. The smallest absolute Gasteiger partial charge is 0.326 e. The molecule has 0 amide bonds. The minimum Gasteiger partial charge on any atom is -1.00 e. The lowest BCUT2D eigenvalue weighted by atomic mass is 10.0. The number of rotatable bonds is 10. The molecule has 1 unspecified atom stereocenters. The molecule has 0 aliphatic carbocycles. The van der Waals surface area contributed by atoms with E-state index in [2.05, 4.69) is 6.92 Å². The van der Waals surface area contributed by atoms with Crippen molar-refractivity contribution >= 4 is 10.1 Å². The Morgan fingerprint density at radius 3 is 2.00 bits per heavy atom. The van der Waals surface area contributed by atoms with Gasteiger partial charge in [-0.3, -0.25) is 4.55 Å². The van der Waals surface area contributed by atoms with E-state index in [9.17, 15) is 13.0 Å². The zero-order chi connectivity index (χ0) is 17.6. The maximum Gasteiger partial charge on any atom is 0.326 e. The molecule has 0 aliphatic rings. The molecule has 4 nitrogen and oxygen atoms in total. The van der Waals surface area contributed by atoms with Crippen LogP contribution in [0.15, 0.2) is 30.3 Å². The monoisotopic (exact) mass is 377 g/mol. The largest absolute Gasteiger partial charge is 1.00 e. The molecule has 0 radical (unpaired) electrons. The first kappa shape index (κ1) is 23.4. The maximum atomic E-state index is 12.2. The van der Waals surface area contributed by atoms with Crippen molar-refractivity contribution in [3.8, 4) is 0 Å². The highest BCUT2D eigenvalue weighted by molar-refractivity contribution is 7.86. The Kier molecular flexibility index (Phi) is 9.51. The number of benzene rings is 1. The van der Waals surface area contributed by atoms with E-state index in [-0.39, 0.29) is 16.9 Å². The molecule has 1 rings (SSSR count). The first-order valence-corrected chi connectivity index (χ1v) is 9.96. The van der Waals surface area contributed by atoms with Gasteiger partial charge in [-0.05, 0) is 12.8 Å². The van der Waals surface area contributed by atoms with E-state index in [0.717, 1.165) is 12.8 Å². The standard InChI is InChI=1S/C18H31NO3S.ClH/c1-5-6-7-8-9-13-16-19(3,4)18(2,23(20,21)22)17-14-11-10-12-15-17;/h10-12,14-15H,5-9,13,16H2,1-4H3;1H. The van der Waals surface area contributed by atoms with Crippen LogP contribution in [-0.4, -0.2) is 38.1 Å². The number of hydrogen-bond donors (Lipinski definition) is 1. The third kappa shape index (κ3) is 5.45. The number of halogens is 1. The van der Waals surface area contributed by atoms with Crippen molar-refractivity contribution in [2.45, 2.75) is 57.2 Å². The lowest BCUT2D eigenvalue weighted by molar-refractivity contribution is -0.931. The molecule has 0 fully saturated rings. The van der Waals surface area contributed by atoms with Gasteiger partial charge in [0.2, 0.25) is 4.87 Å². The maximum absolute atomic E-state index is 12.2. The van der Waals surface area contributed by atoms with Crippen LogP contribution in [0.4, 0.5) is 0 Å². The molecule has 6 heteroatoms. The second-order valence-corrected chi connectivity index (χ2v) is 8.75. The molecular formula is C18H32ClNO3S. The second kappa shape index (κ2) is 9.76. The molecule has 1 aromatic carbocycles. The van der Waals surface area contributed by atoms with Gasteiger partial charge in [0.25, 0.3) is 0 Å². The number of nitrogens with zero attached hydrogens (tertiary/aromatic N) is 1. The van der Waals surface area contributed by atoms with E-state index in [0.29, 0.717) is 12.1 Å². The fourth-order valence-corrected chi connectivity index (χ4v) is 4.21. The van der Waals surface area contributed by atoms with E-state index >= 15 is 0 Å². The quantitative estimate of drug-likeness (QED) is 0.378. The molecule has 140 valence electrons.